The predicted molar refractivity (Wildman–Crippen MR) is 102 cm³/mol. The fourth-order valence-electron chi connectivity index (χ4n) is 3.87. The number of rotatable bonds is 6. The van der Waals surface area contributed by atoms with Crippen LogP contribution in [0.1, 0.15) is 50.0 Å². The van der Waals surface area contributed by atoms with Crippen LogP contribution in [0, 0.1) is 11.8 Å². The first kappa shape index (κ1) is 17.6. The van der Waals surface area contributed by atoms with Gasteiger partial charge in [-0.1, -0.05) is 26.0 Å². The van der Waals surface area contributed by atoms with Gasteiger partial charge in [0.25, 0.3) is 5.91 Å². The summed E-state index contributed by atoms with van der Waals surface area (Å²) in [6.07, 6.45) is 8.83. The molecule has 0 spiro atoms. The molecule has 0 radical (unpaired) electrons. The minimum atomic E-state index is -0.0151. The molecular weight excluding hydrogens is 312 g/mol. The summed E-state index contributed by atoms with van der Waals surface area (Å²) < 4.78 is 5.25. The van der Waals surface area contributed by atoms with Gasteiger partial charge in [-0.05, 0) is 61.8 Å². The minimum absolute atomic E-state index is 0.0151. The molecule has 2 N–H and O–H groups in total. The number of nitrogens with one attached hydrogen (secondary N) is 2. The molecule has 1 aromatic carbocycles. The average molecular weight is 340 g/mol. The first-order valence-corrected chi connectivity index (χ1v) is 9.25. The summed E-state index contributed by atoms with van der Waals surface area (Å²) in [5.41, 5.74) is 1.57. The van der Waals surface area contributed by atoms with E-state index in [1.54, 1.807) is 7.11 Å². The number of aromatic nitrogens is 1. The highest BCUT2D eigenvalue weighted by Gasteiger charge is 2.33. The van der Waals surface area contributed by atoms with Crippen LogP contribution in [0.25, 0.3) is 10.9 Å². The van der Waals surface area contributed by atoms with Crippen LogP contribution in [-0.2, 0) is 0 Å². The van der Waals surface area contributed by atoms with Crippen LogP contribution in [-0.4, -0.2) is 24.0 Å². The number of carbonyl (C=O) groups excluding carboxylic acids is 1. The summed E-state index contributed by atoms with van der Waals surface area (Å²) in [6, 6.07) is 7.94. The number of allylic oxidation sites excluding steroid dienone is 2. The van der Waals surface area contributed by atoms with E-state index in [-0.39, 0.29) is 11.9 Å². The van der Waals surface area contributed by atoms with E-state index in [0.29, 0.717) is 17.5 Å². The molecule has 1 saturated carbocycles. The lowest BCUT2D eigenvalue weighted by Crippen LogP contribution is -2.38. The van der Waals surface area contributed by atoms with Crippen molar-refractivity contribution in [3.8, 4) is 5.75 Å². The molecule has 25 heavy (non-hydrogen) atoms. The zero-order chi connectivity index (χ0) is 17.8. The molecule has 3 unspecified atom stereocenters. The van der Waals surface area contributed by atoms with Crippen molar-refractivity contribution in [1.82, 2.24) is 10.3 Å². The molecule has 1 fully saturated rings. The van der Waals surface area contributed by atoms with Crippen molar-refractivity contribution in [3.05, 3.63) is 42.1 Å². The largest absolute Gasteiger partial charge is 0.497 e. The Morgan fingerprint density at radius 1 is 1.32 bits per heavy atom. The molecule has 1 aliphatic rings. The highest BCUT2D eigenvalue weighted by Crippen LogP contribution is 2.34. The second kappa shape index (κ2) is 7.77. The smallest absolute Gasteiger partial charge is 0.267 e. The van der Waals surface area contributed by atoms with Crippen LogP contribution in [0.2, 0.25) is 0 Å². The maximum atomic E-state index is 12.7. The second-order valence-electron chi connectivity index (χ2n) is 7.05. The fraction of sp³-hybridized carbons (Fsp3) is 0.476. The molecule has 0 aliphatic heterocycles. The number of fused-ring (bicyclic) bond motifs is 1. The van der Waals surface area contributed by atoms with Crippen LogP contribution in [0.4, 0.5) is 0 Å². The summed E-state index contributed by atoms with van der Waals surface area (Å²) in [6.45, 7) is 4.45. The standard InChI is InChI=1S/C21H28N2O2/c1-4-5-6-7-17-14(2)8-10-19(17)23-21(24)20-13-15-12-16(25-3)9-11-18(15)22-20/h5-6,9,11-14,17,19,22H,4,7-8,10H2,1-3H3,(H,23,24)/b6-5-. The third kappa shape index (κ3) is 3.89. The molecule has 0 bridgehead atoms. The van der Waals surface area contributed by atoms with E-state index in [1.165, 1.54) is 6.42 Å². The zero-order valence-corrected chi connectivity index (χ0v) is 15.3. The molecule has 4 nitrogen and oxygen atoms in total. The predicted octanol–water partition coefficient (Wildman–Crippen LogP) is 4.68. The summed E-state index contributed by atoms with van der Waals surface area (Å²) in [5, 5.41) is 4.25. The SMILES string of the molecule is CC/C=C\CC1C(C)CCC1NC(=O)c1cc2cc(OC)ccc2[nH]1. The van der Waals surface area contributed by atoms with Crippen molar-refractivity contribution in [3.63, 3.8) is 0 Å². The van der Waals surface area contributed by atoms with E-state index in [9.17, 15) is 4.79 Å². The number of benzene rings is 1. The Hall–Kier alpha value is -2.23. The van der Waals surface area contributed by atoms with Gasteiger partial charge in [0.2, 0.25) is 0 Å². The average Bonchev–Trinajstić information content (AvgIpc) is 3.19. The highest BCUT2D eigenvalue weighted by molar-refractivity contribution is 5.98. The van der Waals surface area contributed by atoms with Gasteiger partial charge in [-0.3, -0.25) is 4.79 Å². The summed E-state index contributed by atoms with van der Waals surface area (Å²) in [7, 11) is 1.65. The topological polar surface area (TPSA) is 54.1 Å². The van der Waals surface area contributed by atoms with Gasteiger partial charge in [0.15, 0.2) is 0 Å². The molecule has 1 heterocycles. The van der Waals surface area contributed by atoms with Gasteiger partial charge in [0, 0.05) is 16.9 Å². The molecule has 134 valence electrons. The van der Waals surface area contributed by atoms with E-state index in [0.717, 1.165) is 35.9 Å². The van der Waals surface area contributed by atoms with Gasteiger partial charge >= 0.3 is 0 Å². The Kier molecular flexibility index (Phi) is 5.47. The highest BCUT2D eigenvalue weighted by atomic mass is 16.5. The van der Waals surface area contributed by atoms with Gasteiger partial charge in [-0.25, -0.2) is 0 Å². The maximum absolute atomic E-state index is 12.7. The molecular formula is C21H28N2O2. The molecule has 0 saturated heterocycles. The van der Waals surface area contributed by atoms with Crippen molar-refractivity contribution in [2.24, 2.45) is 11.8 Å². The van der Waals surface area contributed by atoms with Crippen molar-refractivity contribution in [1.29, 1.82) is 0 Å². The monoisotopic (exact) mass is 340 g/mol. The van der Waals surface area contributed by atoms with Crippen LogP contribution in [0.3, 0.4) is 0 Å². The van der Waals surface area contributed by atoms with Crippen molar-refractivity contribution in [2.75, 3.05) is 7.11 Å². The maximum Gasteiger partial charge on any atom is 0.267 e. The van der Waals surface area contributed by atoms with Crippen LogP contribution in [0.15, 0.2) is 36.4 Å². The summed E-state index contributed by atoms with van der Waals surface area (Å²) in [5.74, 6) is 1.96. The molecule has 4 heteroatoms. The van der Waals surface area contributed by atoms with Crippen LogP contribution < -0.4 is 10.1 Å². The zero-order valence-electron chi connectivity index (χ0n) is 15.3. The molecule has 2 aromatic rings. The first-order chi connectivity index (χ1) is 12.1. The fourth-order valence-corrected chi connectivity index (χ4v) is 3.87. The lowest BCUT2D eigenvalue weighted by molar-refractivity contribution is 0.0921. The van der Waals surface area contributed by atoms with E-state index in [1.807, 2.05) is 24.3 Å². The van der Waals surface area contributed by atoms with Crippen molar-refractivity contribution >= 4 is 16.8 Å². The number of hydrogen-bond acceptors (Lipinski definition) is 2. The lowest BCUT2D eigenvalue weighted by Gasteiger charge is -2.22. The quantitative estimate of drug-likeness (QED) is 0.750. The van der Waals surface area contributed by atoms with Gasteiger partial charge in [-0.15, -0.1) is 0 Å². The first-order valence-electron chi connectivity index (χ1n) is 9.25. The summed E-state index contributed by atoms with van der Waals surface area (Å²) >= 11 is 0. The number of carbonyl (C=O) groups is 1. The van der Waals surface area contributed by atoms with E-state index in [4.69, 9.17) is 4.74 Å². The van der Waals surface area contributed by atoms with Crippen LogP contribution >= 0.6 is 0 Å². The Balaban J connectivity index is 1.71. The van der Waals surface area contributed by atoms with Gasteiger partial charge in [0.1, 0.15) is 11.4 Å². The van der Waals surface area contributed by atoms with Crippen molar-refractivity contribution < 1.29 is 9.53 Å². The number of amides is 1. The summed E-state index contributed by atoms with van der Waals surface area (Å²) in [4.78, 5) is 15.9. The normalized spacial score (nSPS) is 23.4. The van der Waals surface area contributed by atoms with Gasteiger partial charge < -0.3 is 15.0 Å². The van der Waals surface area contributed by atoms with Gasteiger partial charge in [0.05, 0.1) is 7.11 Å². The van der Waals surface area contributed by atoms with E-state index in [2.05, 4.69) is 36.3 Å². The second-order valence-corrected chi connectivity index (χ2v) is 7.05. The van der Waals surface area contributed by atoms with Crippen molar-refractivity contribution in [2.45, 2.75) is 45.6 Å². The number of methoxy groups -OCH3 is 1. The third-order valence-electron chi connectivity index (χ3n) is 5.38. The molecule has 3 rings (SSSR count). The van der Waals surface area contributed by atoms with Gasteiger partial charge in [-0.2, -0.15) is 0 Å². The van der Waals surface area contributed by atoms with E-state index >= 15 is 0 Å². The minimum Gasteiger partial charge on any atom is -0.497 e. The van der Waals surface area contributed by atoms with Crippen LogP contribution in [0.5, 0.6) is 5.75 Å². The number of H-pyrrole nitrogens is 1. The Morgan fingerprint density at radius 2 is 2.16 bits per heavy atom. The molecule has 1 amide bonds. The molecule has 3 atom stereocenters. The molecule has 1 aromatic heterocycles. The van der Waals surface area contributed by atoms with E-state index < -0.39 is 0 Å². The number of aromatic amines is 1. The Labute approximate surface area is 149 Å². The number of ether oxygens (including phenoxy) is 1. The number of hydrogen-bond donors (Lipinski definition) is 2. The molecule has 1 aliphatic carbocycles. The Morgan fingerprint density at radius 3 is 2.92 bits per heavy atom. The Bertz CT molecular complexity index is 762. The third-order valence-corrected chi connectivity index (χ3v) is 5.38. The lowest BCUT2D eigenvalue weighted by atomic mass is 9.91.